The van der Waals surface area contributed by atoms with E-state index in [-0.39, 0.29) is 11.3 Å². The predicted octanol–water partition coefficient (Wildman–Crippen LogP) is 6.43. The highest BCUT2D eigenvalue weighted by Crippen LogP contribution is 2.43. The maximum Gasteiger partial charge on any atom is 0.221 e. The third kappa shape index (κ3) is 4.62. The van der Waals surface area contributed by atoms with E-state index in [1.807, 2.05) is 29.3 Å². The summed E-state index contributed by atoms with van der Waals surface area (Å²) in [6.07, 6.45) is -0.297. The van der Waals surface area contributed by atoms with E-state index in [1.165, 1.54) is 5.56 Å². The molecule has 0 amide bonds. The highest BCUT2D eigenvalue weighted by molar-refractivity contribution is 9.08. The van der Waals surface area contributed by atoms with Crippen molar-refractivity contribution in [2.24, 2.45) is 0 Å². The first-order valence-corrected chi connectivity index (χ1v) is 13.7. The number of alkyl halides is 1. The van der Waals surface area contributed by atoms with Crippen LogP contribution in [0.4, 0.5) is 5.69 Å². The molecule has 0 saturated carbocycles. The van der Waals surface area contributed by atoms with Gasteiger partial charge in [-0.1, -0.05) is 73.1 Å². The smallest absolute Gasteiger partial charge is 0.221 e. The molecular weight excluding hydrogens is 434 g/mol. The van der Waals surface area contributed by atoms with Crippen molar-refractivity contribution in [3.05, 3.63) is 59.7 Å². The molecule has 0 fully saturated rings. The molecular formula is C22H30BrNO3Si. The average Bonchev–Trinajstić information content (AvgIpc) is 3.03. The SMILES string of the molecule is CC(C)(C)[Si](C)(C)OCCON1c2ccccc2OC1c1ccc(CBr)cc1. The molecule has 3 rings (SSSR count). The van der Waals surface area contributed by atoms with Crippen LogP contribution in [0, 0.1) is 0 Å². The number of nitrogens with zero attached hydrogens (tertiary/aromatic N) is 1. The van der Waals surface area contributed by atoms with Crippen LogP contribution in [0.1, 0.15) is 38.1 Å². The number of halogens is 1. The Hall–Kier alpha value is -1.34. The highest BCUT2D eigenvalue weighted by atomic mass is 79.9. The van der Waals surface area contributed by atoms with Gasteiger partial charge in [-0.05, 0) is 35.8 Å². The minimum atomic E-state index is -1.78. The van der Waals surface area contributed by atoms with Crippen LogP contribution in [0.5, 0.6) is 5.75 Å². The Balaban J connectivity index is 1.70. The van der Waals surface area contributed by atoms with Gasteiger partial charge in [0.05, 0.1) is 13.2 Å². The Kier molecular flexibility index (Phi) is 6.54. The molecule has 1 aliphatic heterocycles. The first-order valence-electron chi connectivity index (χ1n) is 9.69. The van der Waals surface area contributed by atoms with Gasteiger partial charge in [-0.2, -0.15) is 0 Å². The second-order valence-corrected chi connectivity index (χ2v) is 14.0. The van der Waals surface area contributed by atoms with Crippen molar-refractivity contribution in [3.63, 3.8) is 0 Å². The lowest BCUT2D eigenvalue weighted by Gasteiger charge is -2.36. The third-order valence-corrected chi connectivity index (χ3v) is 10.7. The molecule has 1 atom stereocenters. The van der Waals surface area contributed by atoms with Crippen LogP contribution in [0.3, 0.4) is 0 Å². The second-order valence-electron chi connectivity index (χ2n) is 8.58. The van der Waals surface area contributed by atoms with E-state index in [0.717, 1.165) is 22.3 Å². The topological polar surface area (TPSA) is 30.9 Å². The summed E-state index contributed by atoms with van der Waals surface area (Å²) in [4.78, 5) is 6.16. The highest BCUT2D eigenvalue weighted by Gasteiger charge is 2.37. The van der Waals surface area contributed by atoms with Crippen LogP contribution >= 0.6 is 15.9 Å². The second kappa shape index (κ2) is 8.57. The monoisotopic (exact) mass is 463 g/mol. The number of hydrogen-bond donors (Lipinski definition) is 0. The van der Waals surface area contributed by atoms with Gasteiger partial charge in [-0.15, -0.1) is 0 Å². The predicted molar refractivity (Wildman–Crippen MR) is 120 cm³/mol. The number of fused-ring (bicyclic) bond motifs is 1. The molecule has 0 saturated heterocycles. The number of para-hydroxylation sites is 2. The van der Waals surface area contributed by atoms with Gasteiger partial charge in [0.2, 0.25) is 6.23 Å². The Morgan fingerprint density at radius 1 is 1.04 bits per heavy atom. The molecule has 1 aliphatic rings. The number of rotatable bonds is 7. The molecule has 0 spiro atoms. The summed E-state index contributed by atoms with van der Waals surface area (Å²) in [5, 5.41) is 2.90. The first kappa shape index (κ1) is 21.4. The molecule has 0 N–H and O–H groups in total. The zero-order chi connectivity index (χ0) is 20.4. The minimum Gasteiger partial charge on any atom is -0.462 e. The third-order valence-electron chi connectivity index (χ3n) is 5.56. The largest absolute Gasteiger partial charge is 0.462 e. The number of hydroxylamine groups is 1. The molecule has 1 heterocycles. The Morgan fingerprint density at radius 2 is 1.71 bits per heavy atom. The molecule has 0 aliphatic carbocycles. The summed E-state index contributed by atoms with van der Waals surface area (Å²) in [6.45, 7) is 12.3. The molecule has 1 unspecified atom stereocenters. The van der Waals surface area contributed by atoms with E-state index >= 15 is 0 Å². The summed E-state index contributed by atoms with van der Waals surface area (Å²) in [6, 6.07) is 16.4. The van der Waals surface area contributed by atoms with Gasteiger partial charge in [0.1, 0.15) is 11.4 Å². The van der Waals surface area contributed by atoms with Gasteiger partial charge in [0.15, 0.2) is 8.32 Å². The van der Waals surface area contributed by atoms with Crippen molar-refractivity contribution in [1.29, 1.82) is 0 Å². The fourth-order valence-corrected chi connectivity index (χ4v) is 4.19. The van der Waals surface area contributed by atoms with Gasteiger partial charge >= 0.3 is 0 Å². The van der Waals surface area contributed by atoms with Gasteiger partial charge in [0.25, 0.3) is 0 Å². The maximum absolute atomic E-state index is 6.25. The van der Waals surface area contributed by atoms with Crippen LogP contribution in [-0.2, 0) is 14.6 Å². The van der Waals surface area contributed by atoms with Gasteiger partial charge in [0, 0.05) is 10.9 Å². The molecule has 0 aromatic heterocycles. The standard InChI is InChI=1S/C22H30BrNO3Si/c1-22(2,3)28(4,5)26-15-14-25-24-19-8-6-7-9-20(19)27-21(24)18-12-10-17(16-23)11-13-18/h6-13,21H,14-16H2,1-5H3. The van der Waals surface area contributed by atoms with Crippen molar-refractivity contribution in [2.75, 3.05) is 18.3 Å². The average molecular weight is 464 g/mol. The first-order chi connectivity index (χ1) is 13.2. The van der Waals surface area contributed by atoms with Crippen molar-refractivity contribution < 1.29 is 14.0 Å². The van der Waals surface area contributed by atoms with Gasteiger partial charge in [-0.3, -0.25) is 4.84 Å². The van der Waals surface area contributed by atoms with Crippen molar-refractivity contribution in [1.82, 2.24) is 0 Å². The fraction of sp³-hybridized carbons (Fsp3) is 0.455. The quantitative estimate of drug-likeness (QED) is 0.268. The Morgan fingerprint density at radius 3 is 2.36 bits per heavy atom. The normalized spacial score (nSPS) is 16.8. The van der Waals surface area contributed by atoms with Crippen LogP contribution in [0.15, 0.2) is 48.5 Å². The van der Waals surface area contributed by atoms with Crippen LogP contribution < -0.4 is 9.80 Å². The van der Waals surface area contributed by atoms with E-state index in [2.05, 4.69) is 74.1 Å². The minimum absolute atomic E-state index is 0.191. The van der Waals surface area contributed by atoms with Crippen molar-refractivity contribution in [2.45, 2.75) is 50.5 Å². The summed E-state index contributed by atoms with van der Waals surface area (Å²) in [5.41, 5.74) is 3.24. The summed E-state index contributed by atoms with van der Waals surface area (Å²) >= 11 is 3.50. The molecule has 28 heavy (non-hydrogen) atoms. The molecule has 6 heteroatoms. The number of anilines is 1. The van der Waals surface area contributed by atoms with Gasteiger partial charge < -0.3 is 9.16 Å². The molecule has 152 valence electrons. The summed E-state index contributed by atoms with van der Waals surface area (Å²) in [7, 11) is -1.78. The fourth-order valence-electron chi connectivity index (χ4n) is 2.79. The number of hydrogen-bond acceptors (Lipinski definition) is 4. The molecule has 2 aromatic carbocycles. The lowest BCUT2D eigenvalue weighted by Crippen LogP contribution is -2.42. The number of ether oxygens (including phenoxy) is 1. The van der Waals surface area contributed by atoms with Crippen LogP contribution in [0.2, 0.25) is 18.1 Å². The lowest BCUT2D eigenvalue weighted by atomic mass is 10.1. The number of benzene rings is 2. The van der Waals surface area contributed by atoms with E-state index in [1.54, 1.807) is 0 Å². The zero-order valence-corrected chi connectivity index (χ0v) is 20.0. The van der Waals surface area contributed by atoms with Crippen LogP contribution in [-0.4, -0.2) is 21.5 Å². The lowest BCUT2D eigenvalue weighted by molar-refractivity contribution is 0.0230. The molecule has 0 bridgehead atoms. The van der Waals surface area contributed by atoms with Crippen LogP contribution in [0.25, 0.3) is 0 Å². The Bertz CT molecular complexity index is 789. The zero-order valence-electron chi connectivity index (χ0n) is 17.4. The molecule has 0 radical (unpaired) electrons. The molecule has 2 aromatic rings. The van der Waals surface area contributed by atoms with E-state index in [0.29, 0.717) is 13.2 Å². The van der Waals surface area contributed by atoms with E-state index < -0.39 is 8.32 Å². The van der Waals surface area contributed by atoms with Gasteiger partial charge in [-0.25, -0.2) is 5.06 Å². The Labute approximate surface area is 178 Å². The van der Waals surface area contributed by atoms with E-state index in [4.69, 9.17) is 14.0 Å². The van der Waals surface area contributed by atoms with Crippen molar-refractivity contribution >= 4 is 29.9 Å². The summed E-state index contributed by atoms with van der Waals surface area (Å²) < 4.78 is 12.4. The maximum atomic E-state index is 6.25. The van der Waals surface area contributed by atoms with Crippen molar-refractivity contribution in [3.8, 4) is 5.75 Å². The van der Waals surface area contributed by atoms with E-state index in [9.17, 15) is 0 Å². The summed E-state index contributed by atoms with van der Waals surface area (Å²) in [5.74, 6) is 0.836. The molecule has 4 nitrogen and oxygen atoms in total.